The third-order valence-corrected chi connectivity index (χ3v) is 8.25. The van der Waals surface area contributed by atoms with Gasteiger partial charge in [0.2, 0.25) is 0 Å². The molecule has 2 amide bonds. The number of para-hydroxylation sites is 1. The van der Waals surface area contributed by atoms with Gasteiger partial charge in [-0.25, -0.2) is 9.78 Å². The number of benzene rings is 2. The Balaban J connectivity index is 1.63. The molecule has 3 aromatic heterocycles. The summed E-state index contributed by atoms with van der Waals surface area (Å²) in [6.07, 6.45) is 4.98. The summed E-state index contributed by atoms with van der Waals surface area (Å²) in [7, 11) is 0. The Morgan fingerprint density at radius 3 is 2.33 bits per heavy atom. The second kappa shape index (κ2) is 14.4. The lowest BCUT2D eigenvalue weighted by molar-refractivity contribution is 0.256. The molecule has 8 nitrogen and oxygen atoms in total. The predicted molar refractivity (Wildman–Crippen MR) is 187 cm³/mol. The SMILES string of the molecule is CCCCN(C(=O)Nc1c(C(C)C)cccc1C(C)C)c1c(-c2cccc(OCc3cccnc3C)c2)c2cccnc2[nH]c1=O. The van der Waals surface area contributed by atoms with Gasteiger partial charge in [-0.1, -0.05) is 77.4 Å². The van der Waals surface area contributed by atoms with Gasteiger partial charge in [-0.2, -0.15) is 0 Å². The van der Waals surface area contributed by atoms with Gasteiger partial charge < -0.3 is 15.0 Å². The molecule has 238 valence electrons. The van der Waals surface area contributed by atoms with Crippen molar-refractivity contribution in [1.82, 2.24) is 15.0 Å². The van der Waals surface area contributed by atoms with Gasteiger partial charge >= 0.3 is 6.03 Å². The third-order valence-electron chi connectivity index (χ3n) is 8.25. The van der Waals surface area contributed by atoms with E-state index < -0.39 is 0 Å². The molecule has 0 spiro atoms. The van der Waals surface area contributed by atoms with Crippen molar-refractivity contribution in [3.05, 3.63) is 112 Å². The number of unbranched alkanes of at least 4 members (excludes halogenated alkanes) is 1. The highest BCUT2D eigenvalue weighted by Crippen LogP contribution is 2.37. The zero-order valence-electron chi connectivity index (χ0n) is 27.6. The van der Waals surface area contributed by atoms with Crippen LogP contribution in [0.5, 0.6) is 5.75 Å². The van der Waals surface area contributed by atoms with E-state index in [1.807, 2.05) is 61.5 Å². The predicted octanol–water partition coefficient (Wildman–Crippen LogP) is 8.96. The molecule has 0 bridgehead atoms. The van der Waals surface area contributed by atoms with Crippen LogP contribution in [0.2, 0.25) is 0 Å². The molecule has 0 aliphatic carbocycles. The monoisotopic (exact) mass is 617 g/mol. The van der Waals surface area contributed by atoms with E-state index in [-0.39, 0.29) is 29.1 Å². The number of fused-ring (bicyclic) bond motifs is 1. The minimum Gasteiger partial charge on any atom is -0.489 e. The largest absolute Gasteiger partial charge is 0.489 e. The van der Waals surface area contributed by atoms with E-state index in [1.165, 1.54) is 0 Å². The topological polar surface area (TPSA) is 100 Å². The molecular formula is C38H43N5O3. The van der Waals surface area contributed by atoms with Crippen LogP contribution in [0.4, 0.5) is 16.2 Å². The Bertz CT molecular complexity index is 1870. The van der Waals surface area contributed by atoms with Crippen LogP contribution < -0.4 is 20.5 Å². The molecule has 3 heterocycles. The van der Waals surface area contributed by atoms with Crippen LogP contribution in [0.3, 0.4) is 0 Å². The number of hydrogen-bond donors (Lipinski definition) is 2. The second-order valence-corrected chi connectivity index (χ2v) is 12.2. The average Bonchev–Trinajstić information content (AvgIpc) is 3.04. The van der Waals surface area contributed by atoms with Crippen LogP contribution in [0, 0.1) is 6.92 Å². The molecular weight excluding hydrogens is 574 g/mol. The Morgan fingerprint density at radius 2 is 1.63 bits per heavy atom. The summed E-state index contributed by atoms with van der Waals surface area (Å²) in [6, 6.07) is 21.1. The summed E-state index contributed by atoms with van der Waals surface area (Å²) in [5.41, 5.74) is 6.54. The Kier molecular flexibility index (Phi) is 10.2. The van der Waals surface area contributed by atoms with Crippen molar-refractivity contribution < 1.29 is 9.53 Å². The van der Waals surface area contributed by atoms with Crippen LogP contribution in [-0.2, 0) is 6.61 Å². The normalized spacial score (nSPS) is 11.3. The maximum absolute atomic E-state index is 14.4. The average molecular weight is 618 g/mol. The number of carbonyl (C=O) groups excluding carboxylic acids is 1. The first-order valence-corrected chi connectivity index (χ1v) is 16.1. The van der Waals surface area contributed by atoms with Crippen molar-refractivity contribution in [3.63, 3.8) is 0 Å². The van der Waals surface area contributed by atoms with E-state index in [2.05, 4.69) is 67.0 Å². The van der Waals surface area contributed by atoms with Gasteiger partial charge in [0.05, 0.1) is 0 Å². The fraction of sp³-hybridized carbons (Fsp3) is 0.316. The number of H-pyrrole nitrogens is 1. The molecule has 8 heteroatoms. The van der Waals surface area contributed by atoms with E-state index in [4.69, 9.17) is 4.74 Å². The summed E-state index contributed by atoms with van der Waals surface area (Å²) in [6.45, 7) is 13.2. The molecule has 5 aromatic rings. The highest BCUT2D eigenvalue weighted by molar-refractivity contribution is 6.09. The van der Waals surface area contributed by atoms with E-state index in [0.29, 0.717) is 36.5 Å². The lowest BCUT2D eigenvalue weighted by Crippen LogP contribution is -2.40. The second-order valence-electron chi connectivity index (χ2n) is 12.2. The minimum atomic E-state index is -0.383. The van der Waals surface area contributed by atoms with E-state index >= 15 is 0 Å². The number of amides is 2. The van der Waals surface area contributed by atoms with Crippen molar-refractivity contribution in [1.29, 1.82) is 0 Å². The van der Waals surface area contributed by atoms with Crippen molar-refractivity contribution in [3.8, 4) is 16.9 Å². The molecule has 0 fully saturated rings. The molecule has 0 unspecified atom stereocenters. The minimum absolute atomic E-state index is 0.196. The number of hydrogen-bond acceptors (Lipinski definition) is 5. The molecule has 0 saturated carbocycles. The highest BCUT2D eigenvalue weighted by Gasteiger charge is 2.27. The molecule has 0 radical (unpaired) electrons. The fourth-order valence-electron chi connectivity index (χ4n) is 5.74. The summed E-state index contributed by atoms with van der Waals surface area (Å²) < 4.78 is 6.21. The van der Waals surface area contributed by atoms with Crippen LogP contribution >= 0.6 is 0 Å². The van der Waals surface area contributed by atoms with Crippen LogP contribution in [-0.4, -0.2) is 27.5 Å². The van der Waals surface area contributed by atoms with Crippen molar-refractivity contribution in [2.24, 2.45) is 0 Å². The summed E-state index contributed by atoms with van der Waals surface area (Å²) in [4.78, 5) is 41.8. The number of pyridine rings is 3. The summed E-state index contributed by atoms with van der Waals surface area (Å²) in [5, 5.41) is 3.98. The maximum Gasteiger partial charge on any atom is 0.326 e. The summed E-state index contributed by atoms with van der Waals surface area (Å²) in [5.74, 6) is 1.03. The van der Waals surface area contributed by atoms with Gasteiger partial charge in [0.15, 0.2) is 0 Å². The number of aromatic amines is 1. The first-order valence-electron chi connectivity index (χ1n) is 16.1. The first-order chi connectivity index (χ1) is 22.2. The Hall–Kier alpha value is -4.98. The number of nitrogens with zero attached hydrogens (tertiary/aromatic N) is 3. The molecule has 0 aliphatic heterocycles. The smallest absolute Gasteiger partial charge is 0.326 e. The first kappa shape index (κ1) is 32.4. The lowest BCUT2D eigenvalue weighted by atomic mass is 9.92. The molecule has 0 saturated heterocycles. The van der Waals surface area contributed by atoms with Crippen molar-refractivity contribution >= 4 is 28.4 Å². The molecule has 0 atom stereocenters. The van der Waals surface area contributed by atoms with Crippen LogP contribution in [0.15, 0.2) is 83.9 Å². The number of aromatic nitrogens is 3. The maximum atomic E-state index is 14.4. The van der Waals surface area contributed by atoms with Gasteiger partial charge in [-0.15, -0.1) is 0 Å². The molecule has 0 aliphatic rings. The van der Waals surface area contributed by atoms with Gasteiger partial charge in [0.1, 0.15) is 23.7 Å². The van der Waals surface area contributed by atoms with Crippen LogP contribution in [0.1, 0.15) is 81.7 Å². The Morgan fingerprint density at radius 1 is 0.935 bits per heavy atom. The van der Waals surface area contributed by atoms with Gasteiger partial charge in [-0.05, 0) is 72.2 Å². The lowest BCUT2D eigenvalue weighted by Gasteiger charge is -2.28. The van der Waals surface area contributed by atoms with Crippen LogP contribution in [0.25, 0.3) is 22.2 Å². The summed E-state index contributed by atoms with van der Waals surface area (Å²) >= 11 is 0. The zero-order chi connectivity index (χ0) is 32.8. The quantitative estimate of drug-likeness (QED) is 0.154. The number of nitrogens with one attached hydrogen (secondary N) is 2. The molecule has 46 heavy (non-hydrogen) atoms. The number of ether oxygens (including phenoxy) is 1. The fourth-order valence-corrected chi connectivity index (χ4v) is 5.74. The van der Waals surface area contributed by atoms with Crippen molar-refractivity contribution in [2.45, 2.75) is 72.8 Å². The number of urea groups is 1. The highest BCUT2D eigenvalue weighted by atomic mass is 16.5. The molecule has 5 rings (SSSR count). The molecule has 2 aromatic carbocycles. The van der Waals surface area contributed by atoms with E-state index in [1.54, 1.807) is 17.3 Å². The number of anilines is 2. The zero-order valence-corrected chi connectivity index (χ0v) is 27.6. The number of aryl methyl sites for hydroxylation is 1. The van der Waals surface area contributed by atoms with E-state index in [9.17, 15) is 9.59 Å². The Labute approximate surface area is 270 Å². The van der Waals surface area contributed by atoms with Crippen molar-refractivity contribution in [2.75, 3.05) is 16.8 Å². The van der Waals surface area contributed by atoms with Gasteiger partial charge in [0.25, 0.3) is 5.56 Å². The number of rotatable bonds is 11. The molecule has 2 N–H and O–H groups in total. The third kappa shape index (κ3) is 6.96. The number of carbonyl (C=O) groups is 1. The van der Waals surface area contributed by atoms with E-state index in [0.717, 1.165) is 45.4 Å². The van der Waals surface area contributed by atoms with Gasteiger partial charge in [-0.3, -0.25) is 14.7 Å². The van der Waals surface area contributed by atoms with Gasteiger partial charge in [0, 0.05) is 46.8 Å². The standard InChI is InChI=1S/C38H43N5O3/c1-7-8-21-43(38(45)41-34-30(24(2)3)16-10-17-31(34)25(4)5)35-33(32-18-12-20-40-36(32)42-37(35)44)27-13-9-15-29(22-27)46-23-28-14-11-19-39-26(28)6/h9-20,22,24-25H,7-8,21,23H2,1-6H3,(H,41,45)(H,40,42,44).